The van der Waals surface area contributed by atoms with Crippen molar-refractivity contribution in [2.45, 2.75) is 31.3 Å². The smallest absolute Gasteiger partial charge is 0.181 e. The second kappa shape index (κ2) is 6.12. The van der Waals surface area contributed by atoms with Gasteiger partial charge in [0, 0.05) is 5.56 Å². The van der Waals surface area contributed by atoms with Gasteiger partial charge in [-0.25, -0.2) is 0 Å². The van der Waals surface area contributed by atoms with Gasteiger partial charge in [-0.1, -0.05) is 30.3 Å². The van der Waals surface area contributed by atoms with Gasteiger partial charge in [0.15, 0.2) is 6.29 Å². The molecular formula is C13H18O4. The summed E-state index contributed by atoms with van der Waals surface area (Å²) in [6.07, 6.45) is 0.201. The second-order valence-corrected chi connectivity index (χ2v) is 4.28. The van der Waals surface area contributed by atoms with E-state index in [1.54, 1.807) is 0 Å². The molecule has 1 aliphatic heterocycles. The Morgan fingerprint density at radius 3 is 2.71 bits per heavy atom. The molecule has 1 unspecified atom stereocenters. The summed E-state index contributed by atoms with van der Waals surface area (Å²) in [6.45, 7) is 0.707. The van der Waals surface area contributed by atoms with Crippen LogP contribution in [0.5, 0.6) is 0 Å². The quantitative estimate of drug-likeness (QED) is 0.775. The van der Waals surface area contributed by atoms with E-state index in [4.69, 9.17) is 9.47 Å². The van der Waals surface area contributed by atoms with Gasteiger partial charge in [-0.3, -0.25) is 0 Å². The maximum atomic E-state index is 9.78. The van der Waals surface area contributed by atoms with Crippen molar-refractivity contribution < 1.29 is 19.7 Å². The summed E-state index contributed by atoms with van der Waals surface area (Å²) in [6, 6.07) is 9.24. The van der Waals surface area contributed by atoms with E-state index in [1.807, 2.05) is 30.3 Å². The van der Waals surface area contributed by atoms with E-state index in [0.29, 0.717) is 13.2 Å². The summed E-state index contributed by atoms with van der Waals surface area (Å²) >= 11 is 0. The minimum atomic E-state index is -0.911. The fourth-order valence-corrected chi connectivity index (χ4v) is 1.84. The highest BCUT2D eigenvalue weighted by Gasteiger charge is 2.21. The zero-order valence-corrected chi connectivity index (χ0v) is 9.66. The van der Waals surface area contributed by atoms with E-state index in [0.717, 1.165) is 18.4 Å². The zero-order chi connectivity index (χ0) is 12.1. The Kier molecular flexibility index (Phi) is 4.50. The molecule has 0 aromatic heterocycles. The van der Waals surface area contributed by atoms with Crippen LogP contribution in [0.25, 0.3) is 0 Å². The molecular weight excluding hydrogens is 220 g/mol. The summed E-state index contributed by atoms with van der Waals surface area (Å²) < 4.78 is 10.7. The first-order valence-corrected chi connectivity index (χ1v) is 5.90. The van der Waals surface area contributed by atoms with E-state index in [2.05, 4.69) is 0 Å². The molecule has 4 heteroatoms. The third-order valence-electron chi connectivity index (χ3n) is 2.87. The monoisotopic (exact) mass is 238 g/mol. The van der Waals surface area contributed by atoms with Crippen molar-refractivity contribution in [2.24, 2.45) is 0 Å². The van der Waals surface area contributed by atoms with Crippen LogP contribution >= 0.6 is 0 Å². The number of rotatable bonds is 4. The first-order chi connectivity index (χ1) is 8.25. The first-order valence-electron chi connectivity index (χ1n) is 5.90. The summed E-state index contributed by atoms with van der Waals surface area (Å²) in [5.41, 5.74) is 0.739. The Labute approximate surface area is 101 Å². The SMILES string of the molecule is OC(OC[C@@H]1CC[C@@H](O)CO1)c1ccccc1. The lowest BCUT2D eigenvalue weighted by Gasteiger charge is -2.26. The number of aliphatic hydroxyl groups is 2. The Hall–Kier alpha value is -0.940. The van der Waals surface area contributed by atoms with Crippen molar-refractivity contribution in [3.63, 3.8) is 0 Å². The van der Waals surface area contributed by atoms with Gasteiger partial charge in [0.1, 0.15) is 0 Å². The highest BCUT2D eigenvalue weighted by atomic mass is 16.6. The fraction of sp³-hybridized carbons (Fsp3) is 0.538. The summed E-state index contributed by atoms with van der Waals surface area (Å²) in [7, 11) is 0. The molecule has 0 radical (unpaired) electrons. The summed E-state index contributed by atoms with van der Waals surface area (Å²) in [5.74, 6) is 0. The van der Waals surface area contributed by atoms with E-state index < -0.39 is 6.29 Å². The largest absolute Gasteiger partial charge is 0.391 e. The molecule has 3 atom stereocenters. The highest BCUT2D eigenvalue weighted by Crippen LogP contribution is 2.18. The Morgan fingerprint density at radius 1 is 1.29 bits per heavy atom. The molecule has 0 spiro atoms. The topological polar surface area (TPSA) is 58.9 Å². The van der Waals surface area contributed by atoms with Gasteiger partial charge in [0.2, 0.25) is 0 Å². The molecule has 1 aromatic rings. The maximum Gasteiger partial charge on any atom is 0.181 e. The molecule has 1 aliphatic rings. The van der Waals surface area contributed by atoms with Gasteiger partial charge < -0.3 is 19.7 Å². The predicted octanol–water partition coefficient (Wildman–Crippen LogP) is 1.23. The molecule has 94 valence electrons. The number of ether oxygens (including phenoxy) is 2. The normalized spacial score (nSPS) is 26.7. The number of hydrogen-bond acceptors (Lipinski definition) is 4. The average Bonchev–Trinajstić information content (AvgIpc) is 2.39. The van der Waals surface area contributed by atoms with Crippen LogP contribution in [-0.2, 0) is 9.47 Å². The summed E-state index contributed by atoms with van der Waals surface area (Å²) in [4.78, 5) is 0. The lowest BCUT2D eigenvalue weighted by atomic mass is 10.1. The molecule has 1 fully saturated rings. The Bertz CT molecular complexity index is 319. The van der Waals surface area contributed by atoms with Crippen molar-refractivity contribution in [1.29, 1.82) is 0 Å². The minimum Gasteiger partial charge on any atom is -0.391 e. The maximum absolute atomic E-state index is 9.78. The number of aliphatic hydroxyl groups excluding tert-OH is 2. The van der Waals surface area contributed by atoms with Gasteiger partial charge in [0.25, 0.3) is 0 Å². The third kappa shape index (κ3) is 3.78. The van der Waals surface area contributed by atoms with Crippen LogP contribution in [0.3, 0.4) is 0 Å². The lowest BCUT2D eigenvalue weighted by molar-refractivity contribution is -0.151. The van der Waals surface area contributed by atoms with Gasteiger partial charge >= 0.3 is 0 Å². The second-order valence-electron chi connectivity index (χ2n) is 4.28. The molecule has 1 aromatic carbocycles. The van der Waals surface area contributed by atoms with Crippen LogP contribution in [-0.4, -0.2) is 35.6 Å². The Balaban J connectivity index is 1.75. The van der Waals surface area contributed by atoms with Gasteiger partial charge in [-0.2, -0.15) is 0 Å². The Morgan fingerprint density at radius 2 is 2.06 bits per heavy atom. The number of hydrogen-bond donors (Lipinski definition) is 2. The zero-order valence-electron chi connectivity index (χ0n) is 9.66. The first kappa shape index (κ1) is 12.5. The van der Waals surface area contributed by atoms with Crippen molar-refractivity contribution in [2.75, 3.05) is 13.2 Å². The number of benzene rings is 1. The van der Waals surface area contributed by atoms with Gasteiger partial charge in [-0.15, -0.1) is 0 Å². The van der Waals surface area contributed by atoms with Crippen LogP contribution in [0.4, 0.5) is 0 Å². The molecule has 2 N–H and O–H groups in total. The molecule has 17 heavy (non-hydrogen) atoms. The standard InChI is InChI=1S/C13H18O4/c14-11-6-7-12(16-8-11)9-17-13(15)10-4-2-1-3-5-10/h1-5,11-15H,6-9H2/t11-,12+,13?/m1/s1. The molecule has 0 saturated carbocycles. The lowest BCUT2D eigenvalue weighted by Crippen LogP contribution is -2.32. The molecule has 2 rings (SSSR count). The van der Waals surface area contributed by atoms with Crippen molar-refractivity contribution in [3.8, 4) is 0 Å². The molecule has 1 saturated heterocycles. The molecule has 0 aliphatic carbocycles. The molecule has 0 amide bonds. The molecule has 4 nitrogen and oxygen atoms in total. The van der Waals surface area contributed by atoms with E-state index in [1.165, 1.54) is 0 Å². The van der Waals surface area contributed by atoms with Crippen LogP contribution in [0, 0.1) is 0 Å². The molecule has 1 heterocycles. The van der Waals surface area contributed by atoms with E-state index >= 15 is 0 Å². The van der Waals surface area contributed by atoms with Crippen molar-refractivity contribution in [3.05, 3.63) is 35.9 Å². The van der Waals surface area contributed by atoms with Crippen LogP contribution < -0.4 is 0 Å². The molecule has 0 bridgehead atoms. The minimum absolute atomic E-state index is 0.0308. The summed E-state index contributed by atoms with van der Waals surface area (Å²) in [5, 5.41) is 19.0. The average molecular weight is 238 g/mol. The highest BCUT2D eigenvalue weighted by molar-refractivity contribution is 5.15. The van der Waals surface area contributed by atoms with E-state index in [-0.39, 0.29) is 12.2 Å². The van der Waals surface area contributed by atoms with Gasteiger partial charge in [0.05, 0.1) is 25.4 Å². The van der Waals surface area contributed by atoms with Crippen molar-refractivity contribution >= 4 is 0 Å². The van der Waals surface area contributed by atoms with E-state index in [9.17, 15) is 10.2 Å². The van der Waals surface area contributed by atoms with Crippen molar-refractivity contribution in [1.82, 2.24) is 0 Å². The third-order valence-corrected chi connectivity index (χ3v) is 2.87. The van der Waals surface area contributed by atoms with Crippen LogP contribution in [0.15, 0.2) is 30.3 Å². The van der Waals surface area contributed by atoms with Crippen LogP contribution in [0.1, 0.15) is 24.7 Å². The predicted molar refractivity (Wildman–Crippen MR) is 62.3 cm³/mol. The fourth-order valence-electron chi connectivity index (χ4n) is 1.84. The van der Waals surface area contributed by atoms with Crippen LogP contribution in [0.2, 0.25) is 0 Å². The van der Waals surface area contributed by atoms with Gasteiger partial charge in [-0.05, 0) is 12.8 Å².